The Labute approximate surface area is 232 Å². The summed E-state index contributed by atoms with van der Waals surface area (Å²) >= 11 is -2.66. The molecule has 7 rings (SSSR count). The maximum absolute atomic E-state index is 2.66. The van der Waals surface area contributed by atoms with Crippen molar-refractivity contribution in [3.8, 4) is 11.1 Å². The number of hydrogen-bond acceptors (Lipinski definition) is 0. The van der Waals surface area contributed by atoms with Gasteiger partial charge in [0.2, 0.25) is 0 Å². The van der Waals surface area contributed by atoms with Gasteiger partial charge in [0.15, 0.2) is 0 Å². The molecule has 3 heteroatoms. The van der Waals surface area contributed by atoms with Gasteiger partial charge >= 0.3 is 209 Å². The second-order valence-corrected chi connectivity index (χ2v) is 22.8. The molecule has 1 atom stereocenters. The van der Waals surface area contributed by atoms with Crippen LogP contribution >= 0.6 is 0 Å². The molecule has 0 bridgehead atoms. The summed E-state index contributed by atoms with van der Waals surface area (Å²) in [4.78, 5) is 0. The molecule has 0 nitrogen and oxygen atoms in total. The van der Waals surface area contributed by atoms with Crippen LogP contribution in [0.5, 0.6) is 0 Å². The van der Waals surface area contributed by atoms with Crippen LogP contribution in [0.1, 0.15) is 48.9 Å². The molecular formula is C33H32Cl2Zr. The summed E-state index contributed by atoms with van der Waals surface area (Å²) < 4.78 is 5.58. The standard InChI is InChI=1S/C21H13.C10H15.C2H4.2ClH.Zr/c1-2-8-15-14(7-1)13-20-18-11-4-3-9-16(18)17-10-5-6-12-19(17)21(15)20;1-8-6-5-7-9(8)10(2,3)4;1-2;;;/h1-13H;6H,5H2,1-4H3;1-2H2;2*1H;/q;;;;;+2/p-2. The normalized spacial score (nSPS) is 18.6. The molecule has 0 aromatic heterocycles. The predicted octanol–water partition coefficient (Wildman–Crippen LogP) is 3.73. The summed E-state index contributed by atoms with van der Waals surface area (Å²) in [5, 5.41) is 5.78. The smallest absolute Gasteiger partial charge is 1.00 e. The van der Waals surface area contributed by atoms with Gasteiger partial charge in [-0.25, -0.2) is 0 Å². The SMILES string of the molecule is CC1=CC[C]([Zr+2]2([CH]3c4ccccc4-c4c3c3ccccc3c3ccccc43)[CH2][CH2]2)=C1C(C)(C)C.[Cl-].[Cl-]. The van der Waals surface area contributed by atoms with Gasteiger partial charge in [-0.15, -0.1) is 0 Å². The first-order valence-corrected chi connectivity index (χ1v) is 19.0. The molecular weight excluding hydrogens is 558 g/mol. The molecule has 4 aromatic rings. The van der Waals surface area contributed by atoms with Gasteiger partial charge in [0.1, 0.15) is 0 Å². The molecule has 1 unspecified atom stereocenters. The Hall–Kier alpha value is -1.66. The van der Waals surface area contributed by atoms with Crippen LogP contribution in [0.25, 0.3) is 32.7 Å². The molecule has 3 aliphatic rings. The van der Waals surface area contributed by atoms with Gasteiger partial charge in [-0.3, -0.25) is 0 Å². The van der Waals surface area contributed by atoms with Gasteiger partial charge in [0.25, 0.3) is 0 Å². The first kappa shape index (κ1) is 26.0. The third-order valence-corrected chi connectivity index (χ3v) is 20.9. The van der Waals surface area contributed by atoms with Crippen molar-refractivity contribution in [2.24, 2.45) is 5.41 Å². The molecule has 36 heavy (non-hydrogen) atoms. The average Bonchev–Trinajstić information content (AvgIpc) is 3.39. The summed E-state index contributed by atoms with van der Waals surface area (Å²) in [6.07, 6.45) is 3.77. The fourth-order valence-electron chi connectivity index (χ4n) is 7.56. The maximum Gasteiger partial charge on any atom is -1.00 e. The van der Waals surface area contributed by atoms with Crippen LogP contribution in [-0.4, -0.2) is 0 Å². The van der Waals surface area contributed by atoms with Crippen molar-refractivity contribution < 1.29 is 45.1 Å². The molecule has 0 N–H and O–H groups in total. The van der Waals surface area contributed by atoms with Gasteiger partial charge in [-0.1, -0.05) is 0 Å². The number of fused-ring (bicyclic) bond motifs is 8. The minimum atomic E-state index is -2.66. The summed E-state index contributed by atoms with van der Waals surface area (Å²) in [6.45, 7) is 9.68. The van der Waals surface area contributed by atoms with Gasteiger partial charge in [-0.05, 0) is 0 Å². The molecule has 1 fully saturated rings. The molecule has 0 radical (unpaired) electrons. The fraction of sp³-hybridized carbons (Fsp3) is 0.273. The number of benzene rings is 4. The molecule has 0 amide bonds. The number of allylic oxidation sites excluding steroid dienone is 4. The van der Waals surface area contributed by atoms with E-state index < -0.39 is 20.3 Å². The Kier molecular flexibility index (Phi) is 6.47. The molecule has 2 aliphatic carbocycles. The van der Waals surface area contributed by atoms with E-state index in [1.54, 1.807) is 27.8 Å². The minimum absolute atomic E-state index is 0. The summed E-state index contributed by atoms with van der Waals surface area (Å²) in [7, 11) is 0. The summed E-state index contributed by atoms with van der Waals surface area (Å²) in [6, 6.07) is 27.8. The van der Waals surface area contributed by atoms with E-state index >= 15 is 0 Å². The number of halogens is 2. The third kappa shape index (κ3) is 3.50. The van der Waals surface area contributed by atoms with Crippen molar-refractivity contribution in [1.29, 1.82) is 0 Å². The van der Waals surface area contributed by atoms with E-state index in [1.165, 1.54) is 41.8 Å². The fourth-order valence-corrected chi connectivity index (χ4v) is 24.0. The van der Waals surface area contributed by atoms with Gasteiger partial charge in [0.05, 0.1) is 0 Å². The van der Waals surface area contributed by atoms with E-state index in [0.29, 0.717) is 3.63 Å². The predicted molar refractivity (Wildman–Crippen MR) is 143 cm³/mol. The van der Waals surface area contributed by atoms with Crippen molar-refractivity contribution in [2.45, 2.75) is 46.0 Å². The van der Waals surface area contributed by atoms with Crippen LogP contribution in [0.15, 0.2) is 93.3 Å². The number of hydrogen-bond donors (Lipinski definition) is 0. The Bertz CT molecular complexity index is 1580. The van der Waals surface area contributed by atoms with Crippen LogP contribution in [0, 0.1) is 5.41 Å². The minimum Gasteiger partial charge on any atom is -1.00 e. The van der Waals surface area contributed by atoms with Crippen LogP contribution in [0.4, 0.5) is 0 Å². The van der Waals surface area contributed by atoms with Crippen LogP contribution in [0.2, 0.25) is 8.26 Å². The van der Waals surface area contributed by atoms with E-state index in [2.05, 4.69) is 107 Å². The van der Waals surface area contributed by atoms with Gasteiger partial charge < -0.3 is 24.8 Å². The Morgan fingerprint density at radius 2 is 1.28 bits per heavy atom. The van der Waals surface area contributed by atoms with Crippen molar-refractivity contribution in [3.05, 3.63) is 104 Å². The van der Waals surface area contributed by atoms with E-state index in [9.17, 15) is 0 Å². The Balaban J connectivity index is 0.00000133. The maximum atomic E-state index is 2.55. The molecule has 1 saturated heterocycles. The zero-order valence-corrected chi connectivity index (χ0v) is 25.4. The topological polar surface area (TPSA) is 0 Å². The van der Waals surface area contributed by atoms with E-state index in [1.807, 2.05) is 3.28 Å². The van der Waals surface area contributed by atoms with Crippen molar-refractivity contribution in [3.63, 3.8) is 0 Å². The molecule has 0 spiro atoms. The van der Waals surface area contributed by atoms with Crippen molar-refractivity contribution in [2.75, 3.05) is 0 Å². The zero-order chi connectivity index (χ0) is 23.2. The van der Waals surface area contributed by atoms with E-state index in [4.69, 9.17) is 0 Å². The molecule has 4 aromatic carbocycles. The zero-order valence-electron chi connectivity index (χ0n) is 21.5. The molecule has 1 aliphatic heterocycles. The quantitative estimate of drug-likeness (QED) is 0.313. The van der Waals surface area contributed by atoms with Crippen LogP contribution in [-0.2, 0) is 20.3 Å². The van der Waals surface area contributed by atoms with Crippen molar-refractivity contribution in [1.82, 2.24) is 0 Å². The van der Waals surface area contributed by atoms with Crippen molar-refractivity contribution >= 4 is 21.5 Å². The Morgan fingerprint density at radius 1 is 0.722 bits per heavy atom. The first-order valence-electron chi connectivity index (χ1n) is 12.9. The first-order chi connectivity index (χ1) is 16.4. The molecule has 182 valence electrons. The summed E-state index contributed by atoms with van der Waals surface area (Å²) in [5.74, 6) is 0. The molecule has 0 saturated carbocycles. The monoisotopic (exact) mass is 588 g/mol. The largest absolute Gasteiger partial charge is 1.00 e. The van der Waals surface area contributed by atoms with Gasteiger partial charge in [0, 0.05) is 0 Å². The molecule has 1 heterocycles. The Morgan fingerprint density at radius 3 is 1.92 bits per heavy atom. The second-order valence-electron chi connectivity index (χ2n) is 11.8. The van der Waals surface area contributed by atoms with E-state index in [0.717, 1.165) is 0 Å². The second kappa shape index (κ2) is 8.97. The number of rotatable bonds is 2. The van der Waals surface area contributed by atoms with Gasteiger partial charge in [-0.2, -0.15) is 0 Å². The third-order valence-electron chi connectivity index (χ3n) is 8.80. The average molecular weight is 591 g/mol. The van der Waals surface area contributed by atoms with E-state index in [-0.39, 0.29) is 30.2 Å². The van der Waals surface area contributed by atoms with Crippen LogP contribution < -0.4 is 24.8 Å². The summed E-state index contributed by atoms with van der Waals surface area (Å²) in [5.41, 5.74) is 9.86. The van der Waals surface area contributed by atoms with Crippen LogP contribution in [0.3, 0.4) is 0 Å².